The molecule has 0 aromatic heterocycles. The quantitative estimate of drug-likeness (QED) is 0.661. The summed E-state index contributed by atoms with van der Waals surface area (Å²) >= 11 is 0. The molecule has 1 unspecified atom stereocenters. The average Bonchev–Trinajstić information content (AvgIpc) is 2.10. The molecule has 0 saturated heterocycles. The molecular weight excluding hydrogens is 174 g/mol. The number of hydrogen-bond acceptors (Lipinski definition) is 1. The first-order valence-corrected chi connectivity index (χ1v) is 3.70. The van der Waals surface area contributed by atoms with Gasteiger partial charge in [0.2, 0.25) is 0 Å². The maximum atomic E-state index is 12.8. The molecule has 1 aromatic carbocycles. The molecule has 0 spiro atoms. The van der Waals surface area contributed by atoms with Crippen LogP contribution < -0.4 is 0 Å². The Hall–Kier alpha value is -1.56. The van der Waals surface area contributed by atoms with E-state index in [1.165, 1.54) is 0 Å². The van der Waals surface area contributed by atoms with Crippen molar-refractivity contribution in [2.75, 3.05) is 0 Å². The zero-order valence-electron chi connectivity index (χ0n) is 7.01. The fourth-order valence-corrected chi connectivity index (χ4v) is 1.01. The van der Waals surface area contributed by atoms with Gasteiger partial charge in [0, 0.05) is 17.5 Å². The molecule has 1 rings (SSSR count). The third-order valence-electron chi connectivity index (χ3n) is 1.77. The third kappa shape index (κ3) is 1.78. The highest BCUT2D eigenvalue weighted by Gasteiger charge is 2.13. The van der Waals surface area contributed by atoms with Crippen LogP contribution in [0.15, 0.2) is 12.1 Å². The van der Waals surface area contributed by atoms with Crippen molar-refractivity contribution in [3.05, 3.63) is 29.3 Å². The molecule has 1 nitrogen and oxygen atoms in total. The van der Waals surface area contributed by atoms with Gasteiger partial charge in [0.25, 0.3) is 0 Å². The monoisotopic (exact) mass is 182 g/mol. The number of benzene rings is 1. The molecule has 0 amide bonds. The van der Waals surface area contributed by atoms with Crippen molar-refractivity contribution in [2.24, 2.45) is 0 Å². The first-order chi connectivity index (χ1) is 6.06. The van der Waals surface area contributed by atoms with E-state index < -0.39 is 23.3 Å². The van der Waals surface area contributed by atoms with Crippen LogP contribution in [0, 0.1) is 24.0 Å². The maximum absolute atomic E-state index is 12.8. The summed E-state index contributed by atoms with van der Waals surface area (Å²) in [6, 6.07) is 1.64. The van der Waals surface area contributed by atoms with E-state index in [4.69, 9.17) is 6.42 Å². The number of rotatable bonds is 1. The van der Waals surface area contributed by atoms with Crippen molar-refractivity contribution in [3.63, 3.8) is 0 Å². The summed E-state index contributed by atoms with van der Waals surface area (Å²) in [5, 5.41) is 9.19. The lowest BCUT2D eigenvalue weighted by molar-refractivity contribution is 0.420. The Balaban J connectivity index is 3.30. The molecule has 0 saturated carbocycles. The van der Waals surface area contributed by atoms with Crippen LogP contribution in [0.1, 0.15) is 18.4 Å². The van der Waals surface area contributed by atoms with Crippen molar-refractivity contribution >= 4 is 0 Å². The van der Waals surface area contributed by atoms with Crippen LogP contribution in [-0.4, -0.2) is 5.11 Å². The lowest BCUT2D eigenvalue weighted by Gasteiger charge is -2.07. The standard InChI is InChI=1S/C10H8F2O/c1-3-6(2)8-4-7(11)5-9(12)10(8)13/h1,4-6,13H,2H3. The molecule has 0 aliphatic carbocycles. The van der Waals surface area contributed by atoms with Crippen LogP contribution in [0.3, 0.4) is 0 Å². The van der Waals surface area contributed by atoms with Gasteiger partial charge in [-0.15, -0.1) is 6.42 Å². The van der Waals surface area contributed by atoms with E-state index in [0.717, 1.165) is 6.07 Å². The van der Waals surface area contributed by atoms with Crippen molar-refractivity contribution in [2.45, 2.75) is 12.8 Å². The molecule has 1 aromatic rings. The zero-order chi connectivity index (χ0) is 10.0. The van der Waals surface area contributed by atoms with Gasteiger partial charge < -0.3 is 5.11 Å². The summed E-state index contributed by atoms with van der Waals surface area (Å²) in [4.78, 5) is 0. The van der Waals surface area contributed by atoms with E-state index in [1.54, 1.807) is 6.92 Å². The van der Waals surface area contributed by atoms with Gasteiger partial charge >= 0.3 is 0 Å². The van der Waals surface area contributed by atoms with Gasteiger partial charge in [0.1, 0.15) is 5.82 Å². The highest BCUT2D eigenvalue weighted by Crippen LogP contribution is 2.28. The Morgan fingerprint density at radius 2 is 2.08 bits per heavy atom. The second-order valence-electron chi connectivity index (χ2n) is 2.71. The largest absolute Gasteiger partial charge is 0.505 e. The smallest absolute Gasteiger partial charge is 0.168 e. The molecule has 0 bridgehead atoms. The summed E-state index contributed by atoms with van der Waals surface area (Å²) < 4.78 is 25.5. The Bertz CT molecular complexity index is 366. The fraction of sp³-hybridized carbons (Fsp3) is 0.200. The second-order valence-corrected chi connectivity index (χ2v) is 2.71. The molecule has 68 valence electrons. The lowest BCUT2D eigenvalue weighted by Crippen LogP contribution is -1.94. The first-order valence-electron chi connectivity index (χ1n) is 3.70. The number of hydrogen-bond donors (Lipinski definition) is 1. The van der Waals surface area contributed by atoms with Crippen molar-refractivity contribution in [1.82, 2.24) is 0 Å². The number of terminal acetylenes is 1. The van der Waals surface area contributed by atoms with Gasteiger partial charge in [-0.2, -0.15) is 0 Å². The molecule has 1 atom stereocenters. The van der Waals surface area contributed by atoms with E-state index in [1.807, 2.05) is 0 Å². The van der Waals surface area contributed by atoms with Gasteiger partial charge in [-0.3, -0.25) is 0 Å². The summed E-state index contributed by atoms with van der Waals surface area (Å²) in [6.07, 6.45) is 5.07. The second kappa shape index (κ2) is 3.44. The molecule has 0 aliphatic rings. The van der Waals surface area contributed by atoms with Gasteiger partial charge in [0.05, 0.1) is 0 Å². The van der Waals surface area contributed by atoms with E-state index in [-0.39, 0.29) is 5.56 Å². The van der Waals surface area contributed by atoms with Gasteiger partial charge in [-0.25, -0.2) is 8.78 Å². The van der Waals surface area contributed by atoms with E-state index in [2.05, 4.69) is 5.92 Å². The van der Waals surface area contributed by atoms with Crippen molar-refractivity contribution in [3.8, 4) is 18.1 Å². The molecule has 0 heterocycles. The number of phenolic OH excluding ortho intramolecular Hbond substituents is 1. The summed E-state index contributed by atoms with van der Waals surface area (Å²) in [6.45, 7) is 1.58. The van der Waals surface area contributed by atoms with Gasteiger partial charge in [-0.1, -0.05) is 5.92 Å². The zero-order valence-corrected chi connectivity index (χ0v) is 7.01. The lowest BCUT2D eigenvalue weighted by atomic mass is 10.0. The number of aromatic hydroxyl groups is 1. The fourth-order valence-electron chi connectivity index (χ4n) is 1.01. The minimum atomic E-state index is -0.989. The van der Waals surface area contributed by atoms with Crippen molar-refractivity contribution in [1.29, 1.82) is 0 Å². The minimum Gasteiger partial charge on any atom is -0.505 e. The Kier molecular flexibility index (Phi) is 2.52. The summed E-state index contributed by atoms with van der Waals surface area (Å²) in [5.41, 5.74) is 0.0972. The molecular formula is C10H8F2O. The van der Waals surface area contributed by atoms with Crippen LogP contribution in [0.25, 0.3) is 0 Å². The number of phenols is 1. The Labute approximate surface area is 75.0 Å². The van der Waals surface area contributed by atoms with Crippen LogP contribution >= 0.6 is 0 Å². The third-order valence-corrected chi connectivity index (χ3v) is 1.77. The van der Waals surface area contributed by atoms with Crippen LogP contribution in [0.5, 0.6) is 5.75 Å². The van der Waals surface area contributed by atoms with Crippen LogP contribution in [0.4, 0.5) is 8.78 Å². The van der Waals surface area contributed by atoms with E-state index >= 15 is 0 Å². The summed E-state index contributed by atoms with van der Waals surface area (Å²) in [5.74, 6) is -0.535. The van der Waals surface area contributed by atoms with Crippen LogP contribution in [-0.2, 0) is 0 Å². The summed E-state index contributed by atoms with van der Waals surface area (Å²) in [7, 11) is 0. The van der Waals surface area contributed by atoms with Gasteiger partial charge in [-0.05, 0) is 13.0 Å². The molecule has 1 N–H and O–H groups in total. The van der Waals surface area contributed by atoms with E-state index in [9.17, 15) is 13.9 Å². The predicted molar refractivity (Wildman–Crippen MR) is 45.3 cm³/mol. The molecule has 0 aliphatic heterocycles. The minimum absolute atomic E-state index is 0.0972. The molecule has 0 radical (unpaired) electrons. The molecule has 0 fully saturated rings. The highest BCUT2D eigenvalue weighted by molar-refractivity contribution is 5.39. The highest BCUT2D eigenvalue weighted by atomic mass is 19.1. The normalized spacial score (nSPS) is 12.2. The average molecular weight is 182 g/mol. The molecule has 3 heteroatoms. The predicted octanol–water partition coefficient (Wildman–Crippen LogP) is 2.41. The Morgan fingerprint density at radius 3 is 2.62 bits per heavy atom. The Morgan fingerprint density at radius 1 is 1.46 bits per heavy atom. The maximum Gasteiger partial charge on any atom is 0.168 e. The first kappa shape index (κ1) is 9.53. The SMILES string of the molecule is C#CC(C)c1cc(F)cc(F)c1O. The van der Waals surface area contributed by atoms with Crippen LogP contribution in [0.2, 0.25) is 0 Å². The topological polar surface area (TPSA) is 20.2 Å². The van der Waals surface area contributed by atoms with Gasteiger partial charge in [0.15, 0.2) is 11.6 Å². The van der Waals surface area contributed by atoms with Crippen molar-refractivity contribution < 1.29 is 13.9 Å². The number of halogens is 2. The van der Waals surface area contributed by atoms with E-state index in [0.29, 0.717) is 6.07 Å². The molecule has 13 heavy (non-hydrogen) atoms.